The monoisotopic (exact) mass is 457 g/mol. The average Bonchev–Trinajstić information content (AvgIpc) is 2.31. The molecular weight excluding hydrogens is 449 g/mol. The van der Waals surface area contributed by atoms with Crippen LogP contribution in [-0.2, 0) is 25.8 Å². The maximum absolute atomic E-state index is 3.51. The Bertz CT molecular complexity index is 398. The summed E-state index contributed by atoms with van der Waals surface area (Å²) < 4.78 is 1.18. The van der Waals surface area contributed by atoms with Gasteiger partial charge in [-0.2, -0.15) is 6.07 Å². The first-order valence-corrected chi connectivity index (χ1v) is 4.38. The Hall–Kier alpha value is 0.760. The van der Waals surface area contributed by atoms with Crippen LogP contribution in [0.3, 0.4) is 0 Å². The summed E-state index contributed by atoms with van der Waals surface area (Å²) in [5, 5.41) is 2.63. The summed E-state index contributed by atoms with van der Waals surface area (Å²) in [6, 6.07) is 10.7. The zero-order valence-electron chi connectivity index (χ0n) is 7.52. The van der Waals surface area contributed by atoms with Gasteiger partial charge in [0.1, 0.15) is 0 Å². The SMILES string of the molecule is Cc1cc2c(Br)cccc2[cH-]1.[Cl-].[Cl-].[Hf]. The molecule has 0 atom stereocenters. The van der Waals surface area contributed by atoms with Crippen molar-refractivity contribution in [1.29, 1.82) is 0 Å². The van der Waals surface area contributed by atoms with E-state index in [1.807, 2.05) is 0 Å². The third-order valence-electron chi connectivity index (χ3n) is 1.84. The summed E-state index contributed by atoms with van der Waals surface area (Å²) in [5.41, 5.74) is 1.33. The maximum atomic E-state index is 3.51. The number of hydrogen-bond acceptors (Lipinski definition) is 0. The third kappa shape index (κ3) is 3.41. The van der Waals surface area contributed by atoms with Crippen molar-refractivity contribution in [1.82, 2.24) is 0 Å². The summed E-state index contributed by atoms with van der Waals surface area (Å²) in [7, 11) is 0. The minimum atomic E-state index is 0. The Labute approximate surface area is 124 Å². The quantitative estimate of drug-likeness (QED) is 0.307. The van der Waals surface area contributed by atoms with E-state index in [0.717, 1.165) is 0 Å². The fraction of sp³-hybridized carbons (Fsp3) is 0.100. The minimum Gasteiger partial charge on any atom is -1.00 e. The molecule has 76 valence electrons. The molecule has 0 bridgehead atoms. The van der Waals surface area contributed by atoms with Crippen LogP contribution in [0.1, 0.15) is 5.56 Å². The molecule has 2 aromatic carbocycles. The number of rotatable bonds is 0. The first-order chi connectivity index (χ1) is 5.27. The zero-order valence-corrected chi connectivity index (χ0v) is 14.2. The van der Waals surface area contributed by atoms with E-state index in [1.165, 1.54) is 20.8 Å². The molecule has 0 aliphatic rings. The van der Waals surface area contributed by atoms with Crippen LogP contribution in [0.2, 0.25) is 0 Å². The molecule has 0 heterocycles. The van der Waals surface area contributed by atoms with Gasteiger partial charge in [0.15, 0.2) is 0 Å². The van der Waals surface area contributed by atoms with Gasteiger partial charge in [-0.15, -0.1) is 34.5 Å². The van der Waals surface area contributed by atoms with Crippen molar-refractivity contribution in [2.45, 2.75) is 6.92 Å². The van der Waals surface area contributed by atoms with E-state index in [4.69, 9.17) is 0 Å². The summed E-state index contributed by atoms with van der Waals surface area (Å²) in [4.78, 5) is 0. The summed E-state index contributed by atoms with van der Waals surface area (Å²) >= 11 is 3.51. The largest absolute Gasteiger partial charge is 1.00 e. The van der Waals surface area contributed by atoms with E-state index in [1.54, 1.807) is 0 Å². The molecule has 0 saturated carbocycles. The van der Waals surface area contributed by atoms with Crippen LogP contribution in [-0.4, -0.2) is 0 Å². The van der Waals surface area contributed by atoms with Gasteiger partial charge in [-0.3, -0.25) is 0 Å². The molecule has 2 rings (SSSR count). The van der Waals surface area contributed by atoms with Crippen molar-refractivity contribution in [2.75, 3.05) is 0 Å². The van der Waals surface area contributed by atoms with Gasteiger partial charge in [0.05, 0.1) is 0 Å². The van der Waals surface area contributed by atoms with Gasteiger partial charge in [0.2, 0.25) is 0 Å². The number of aryl methyl sites for hydroxylation is 1. The second-order valence-corrected chi connectivity index (χ2v) is 3.63. The van der Waals surface area contributed by atoms with Crippen LogP contribution in [0.15, 0.2) is 34.8 Å². The molecule has 0 amide bonds. The van der Waals surface area contributed by atoms with Gasteiger partial charge in [-0.25, -0.2) is 0 Å². The van der Waals surface area contributed by atoms with Crippen molar-refractivity contribution in [2.24, 2.45) is 0 Å². The molecule has 0 saturated heterocycles. The number of benzene rings is 1. The van der Waals surface area contributed by atoms with Crippen molar-refractivity contribution in [3.63, 3.8) is 0 Å². The van der Waals surface area contributed by atoms with Gasteiger partial charge >= 0.3 is 0 Å². The first kappa shape index (κ1) is 17.2. The van der Waals surface area contributed by atoms with E-state index in [9.17, 15) is 0 Å². The standard InChI is InChI=1S/C10H8Br.2ClH.Hf/c1-7-5-8-3-2-4-10(11)9(8)6-7;;;/h2-6H,1H3;2*1H;/q-1;;;/p-2. The van der Waals surface area contributed by atoms with Gasteiger partial charge in [-0.05, 0) is 4.47 Å². The molecule has 0 unspecified atom stereocenters. The Morgan fingerprint density at radius 1 is 1.21 bits per heavy atom. The zero-order chi connectivity index (χ0) is 7.84. The first-order valence-electron chi connectivity index (χ1n) is 3.59. The van der Waals surface area contributed by atoms with Crippen LogP contribution in [0.4, 0.5) is 0 Å². The molecule has 0 nitrogen and oxygen atoms in total. The Morgan fingerprint density at radius 3 is 2.43 bits per heavy atom. The number of halogens is 3. The van der Waals surface area contributed by atoms with Crippen LogP contribution in [0.5, 0.6) is 0 Å². The topological polar surface area (TPSA) is 0 Å². The van der Waals surface area contributed by atoms with Crippen molar-refractivity contribution < 1.29 is 50.7 Å². The van der Waals surface area contributed by atoms with Crippen LogP contribution < -0.4 is 24.8 Å². The Morgan fingerprint density at radius 2 is 1.86 bits per heavy atom. The van der Waals surface area contributed by atoms with E-state index < -0.39 is 0 Å². The molecule has 14 heavy (non-hydrogen) atoms. The summed E-state index contributed by atoms with van der Waals surface area (Å²) in [6.45, 7) is 2.12. The van der Waals surface area contributed by atoms with Crippen molar-refractivity contribution >= 4 is 26.7 Å². The maximum Gasteiger partial charge on any atom is 0 e. The Kier molecular flexibility index (Phi) is 8.71. The molecule has 0 aliphatic carbocycles. The van der Waals surface area contributed by atoms with Crippen molar-refractivity contribution in [3.05, 3.63) is 40.4 Å². The molecule has 2 aromatic rings. The average molecular weight is 457 g/mol. The molecule has 4 heteroatoms. The molecule has 0 aromatic heterocycles. The third-order valence-corrected chi connectivity index (χ3v) is 2.53. The molecule has 0 fully saturated rings. The summed E-state index contributed by atoms with van der Waals surface area (Å²) in [5.74, 6) is 0. The second-order valence-electron chi connectivity index (χ2n) is 2.78. The predicted octanol–water partition coefficient (Wildman–Crippen LogP) is -2.36. The molecule has 0 spiro atoms. The number of hydrogen-bond donors (Lipinski definition) is 0. The molecular formula is C10H8BrCl2Hf-3. The van der Waals surface area contributed by atoms with Gasteiger partial charge < -0.3 is 24.8 Å². The molecule has 0 aliphatic heterocycles. The molecule has 0 radical (unpaired) electrons. The van der Waals surface area contributed by atoms with E-state index in [0.29, 0.717) is 0 Å². The second kappa shape index (κ2) is 7.10. The van der Waals surface area contributed by atoms with Gasteiger partial charge in [0, 0.05) is 25.8 Å². The number of fused-ring (bicyclic) bond motifs is 1. The van der Waals surface area contributed by atoms with Gasteiger partial charge in [0.25, 0.3) is 0 Å². The fourth-order valence-electron chi connectivity index (χ4n) is 1.35. The van der Waals surface area contributed by atoms with Crippen LogP contribution in [0.25, 0.3) is 10.8 Å². The van der Waals surface area contributed by atoms with Crippen molar-refractivity contribution in [3.8, 4) is 0 Å². The van der Waals surface area contributed by atoms with Crippen LogP contribution >= 0.6 is 15.9 Å². The Balaban J connectivity index is 0. The van der Waals surface area contributed by atoms with E-state index in [2.05, 4.69) is 53.2 Å². The van der Waals surface area contributed by atoms with Gasteiger partial charge in [-0.1, -0.05) is 28.9 Å². The minimum absolute atomic E-state index is 0. The van der Waals surface area contributed by atoms with E-state index >= 15 is 0 Å². The predicted molar refractivity (Wildman–Crippen MR) is 52.0 cm³/mol. The normalized spacial score (nSPS) is 8.43. The van der Waals surface area contributed by atoms with Crippen LogP contribution in [0, 0.1) is 6.92 Å². The molecule has 0 N–H and O–H groups in total. The fourth-order valence-corrected chi connectivity index (χ4v) is 1.84. The van der Waals surface area contributed by atoms with E-state index in [-0.39, 0.29) is 50.7 Å². The smallest absolute Gasteiger partial charge is 0 e. The summed E-state index contributed by atoms with van der Waals surface area (Å²) in [6.07, 6.45) is 0.